The molecule has 3 nitrogen and oxygen atoms in total. The summed E-state index contributed by atoms with van der Waals surface area (Å²) < 4.78 is 4.52. The number of benzene rings is 1. The van der Waals surface area contributed by atoms with Crippen LogP contribution in [0.25, 0.3) is 0 Å². The highest BCUT2D eigenvalue weighted by Gasteiger charge is 1.97. The zero-order chi connectivity index (χ0) is 11.6. The lowest BCUT2D eigenvalue weighted by Gasteiger charge is -2.03. The third-order valence-electron chi connectivity index (χ3n) is 2.41. The number of methoxy groups -OCH3 is 1. The van der Waals surface area contributed by atoms with Crippen LogP contribution in [0.2, 0.25) is 0 Å². The second-order valence-electron chi connectivity index (χ2n) is 3.70. The van der Waals surface area contributed by atoms with E-state index in [9.17, 15) is 4.79 Å². The van der Waals surface area contributed by atoms with Gasteiger partial charge < -0.3 is 10.1 Å². The van der Waals surface area contributed by atoms with Crippen LogP contribution in [0.15, 0.2) is 30.3 Å². The summed E-state index contributed by atoms with van der Waals surface area (Å²) in [5.74, 6) is -0.206. The number of ether oxygens (including phenoxy) is 1. The maximum Gasteiger partial charge on any atom is 0.319 e. The number of rotatable bonds is 7. The van der Waals surface area contributed by atoms with Crippen molar-refractivity contribution in [3.8, 4) is 0 Å². The van der Waals surface area contributed by atoms with Crippen molar-refractivity contribution in [3.05, 3.63) is 35.9 Å². The molecule has 0 unspecified atom stereocenters. The summed E-state index contributed by atoms with van der Waals surface area (Å²) in [6.45, 7) is 1.17. The summed E-state index contributed by atoms with van der Waals surface area (Å²) in [4.78, 5) is 10.8. The SMILES string of the molecule is COC(=O)CNCCCCc1ccccc1. The minimum absolute atomic E-state index is 0.206. The van der Waals surface area contributed by atoms with Crippen LogP contribution in [0.1, 0.15) is 18.4 Å². The number of hydrogen-bond acceptors (Lipinski definition) is 3. The molecule has 0 atom stereocenters. The van der Waals surface area contributed by atoms with E-state index >= 15 is 0 Å². The van der Waals surface area contributed by atoms with Gasteiger partial charge in [-0.05, 0) is 31.4 Å². The summed E-state index contributed by atoms with van der Waals surface area (Å²) in [6, 6.07) is 10.4. The second-order valence-corrected chi connectivity index (χ2v) is 3.70. The van der Waals surface area contributed by atoms with Crippen LogP contribution in [-0.4, -0.2) is 26.2 Å². The van der Waals surface area contributed by atoms with E-state index in [1.54, 1.807) is 0 Å². The lowest BCUT2D eigenvalue weighted by molar-refractivity contribution is -0.139. The van der Waals surface area contributed by atoms with Crippen LogP contribution >= 0.6 is 0 Å². The van der Waals surface area contributed by atoms with Crippen molar-refractivity contribution >= 4 is 5.97 Å². The molecule has 0 saturated carbocycles. The maximum atomic E-state index is 10.8. The van der Waals surface area contributed by atoms with Crippen molar-refractivity contribution in [2.75, 3.05) is 20.2 Å². The fourth-order valence-electron chi connectivity index (χ4n) is 1.49. The largest absolute Gasteiger partial charge is 0.468 e. The highest BCUT2D eigenvalue weighted by Crippen LogP contribution is 2.03. The molecule has 0 aliphatic carbocycles. The van der Waals surface area contributed by atoms with Gasteiger partial charge in [-0.25, -0.2) is 0 Å². The van der Waals surface area contributed by atoms with Gasteiger partial charge >= 0.3 is 5.97 Å². The van der Waals surface area contributed by atoms with Gasteiger partial charge in [0, 0.05) is 0 Å². The number of hydrogen-bond donors (Lipinski definition) is 1. The Balaban J connectivity index is 1.98. The number of nitrogens with one attached hydrogen (secondary N) is 1. The number of esters is 1. The lowest BCUT2D eigenvalue weighted by Crippen LogP contribution is -2.24. The molecule has 1 rings (SSSR count). The van der Waals surface area contributed by atoms with E-state index in [0.717, 1.165) is 25.8 Å². The van der Waals surface area contributed by atoms with E-state index in [1.165, 1.54) is 12.7 Å². The molecule has 0 spiro atoms. The van der Waals surface area contributed by atoms with E-state index in [4.69, 9.17) is 0 Å². The van der Waals surface area contributed by atoms with Gasteiger partial charge in [-0.1, -0.05) is 30.3 Å². The van der Waals surface area contributed by atoms with Crippen LogP contribution in [0.4, 0.5) is 0 Å². The molecule has 0 aromatic heterocycles. The van der Waals surface area contributed by atoms with Gasteiger partial charge in [0.2, 0.25) is 0 Å². The molecular formula is C13H19NO2. The molecule has 1 N–H and O–H groups in total. The highest BCUT2D eigenvalue weighted by atomic mass is 16.5. The summed E-state index contributed by atoms with van der Waals surface area (Å²) >= 11 is 0. The first kappa shape index (κ1) is 12.7. The van der Waals surface area contributed by atoms with Crippen molar-refractivity contribution in [1.29, 1.82) is 0 Å². The average molecular weight is 221 g/mol. The van der Waals surface area contributed by atoms with E-state index in [-0.39, 0.29) is 5.97 Å². The predicted molar refractivity (Wildman–Crippen MR) is 64.3 cm³/mol. The third kappa shape index (κ3) is 5.51. The molecule has 1 aromatic carbocycles. The standard InChI is InChI=1S/C13H19NO2/c1-16-13(15)11-14-10-6-5-9-12-7-3-2-4-8-12/h2-4,7-8,14H,5-6,9-11H2,1H3. The molecule has 3 heteroatoms. The van der Waals surface area contributed by atoms with Crippen LogP contribution in [0.5, 0.6) is 0 Å². The molecule has 0 aliphatic rings. The molecular weight excluding hydrogens is 202 g/mol. The van der Waals surface area contributed by atoms with Gasteiger partial charge in [-0.15, -0.1) is 0 Å². The molecule has 0 fully saturated rings. The first-order chi connectivity index (χ1) is 7.83. The van der Waals surface area contributed by atoms with Gasteiger partial charge in [0.25, 0.3) is 0 Å². The zero-order valence-corrected chi connectivity index (χ0v) is 9.74. The monoisotopic (exact) mass is 221 g/mol. The van der Waals surface area contributed by atoms with Gasteiger partial charge in [0.05, 0.1) is 13.7 Å². The number of carbonyl (C=O) groups is 1. The van der Waals surface area contributed by atoms with E-state index in [1.807, 2.05) is 6.07 Å². The van der Waals surface area contributed by atoms with Crippen LogP contribution in [-0.2, 0) is 16.0 Å². The molecule has 0 radical (unpaired) electrons. The minimum atomic E-state index is -0.206. The van der Waals surface area contributed by atoms with E-state index in [2.05, 4.69) is 34.3 Å². The second kappa shape index (κ2) is 7.88. The highest BCUT2D eigenvalue weighted by molar-refractivity contribution is 5.71. The fraction of sp³-hybridized carbons (Fsp3) is 0.462. The predicted octanol–water partition coefficient (Wildman–Crippen LogP) is 1.77. The Labute approximate surface area is 96.8 Å². The van der Waals surface area contributed by atoms with Crippen LogP contribution in [0, 0.1) is 0 Å². The molecule has 0 saturated heterocycles. The van der Waals surface area contributed by atoms with Crippen molar-refractivity contribution in [1.82, 2.24) is 5.32 Å². The Bertz CT molecular complexity index is 298. The van der Waals surface area contributed by atoms with Crippen LogP contribution < -0.4 is 5.32 Å². The normalized spacial score (nSPS) is 10.1. The lowest BCUT2D eigenvalue weighted by atomic mass is 10.1. The topological polar surface area (TPSA) is 38.3 Å². The molecule has 1 aromatic rings. The third-order valence-corrected chi connectivity index (χ3v) is 2.41. The molecule has 0 aliphatic heterocycles. The molecule has 16 heavy (non-hydrogen) atoms. The van der Waals surface area contributed by atoms with E-state index < -0.39 is 0 Å². The summed E-state index contributed by atoms with van der Waals surface area (Å²) in [5, 5.41) is 3.05. The first-order valence-electron chi connectivity index (χ1n) is 5.64. The fourth-order valence-corrected chi connectivity index (χ4v) is 1.49. The van der Waals surface area contributed by atoms with Crippen molar-refractivity contribution < 1.29 is 9.53 Å². The van der Waals surface area contributed by atoms with Gasteiger partial charge in [0.15, 0.2) is 0 Å². The van der Waals surface area contributed by atoms with Gasteiger partial charge in [-0.2, -0.15) is 0 Å². The Morgan fingerprint density at radius 2 is 2.00 bits per heavy atom. The quantitative estimate of drug-likeness (QED) is 0.563. The number of aryl methyl sites for hydroxylation is 1. The Morgan fingerprint density at radius 1 is 1.25 bits per heavy atom. The van der Waals surface area contributed by atoms with Crippen LogP contribution in [0.3, 0.4) is 0 Å². The maximum absolute atomic E-state index is 10.8. The Hall–Kier alpha value is -1.35. The Morgan fingerprint density at radius 3 is 2.69 bits per heavy atom. The summed E-state index contributed by atoms with van der Waals surface area (Å²) in [7, 11) is 1.40. The molecule has 0 amide bonds. The average Bonchev–Trinajstić information content (AvgIpc) is 2.34. The summed E-state index contributed by atoms with van der Waals surface area (Å²) in [6.07, 6.45) is 3.31. The zero-order valence-electron chi connectivity index (χ0n) is 9.74. The van der Waals surface area contributed by atoms with Crippen molar-refractivity contribution in [3.63, 3.8) is 0 Å². The molecule has 88 valence electrons. The summed E-state index contributed by atoms with van der Waals surface area (Å²) in [5.41, 5.74) is 1.37. The molecule has 0 heterocycles. The first-order valence-corrected chi connectivity index (χ1v) is 5.64. The number of unbranched alkanes of at least 4 members (excludes halogenated alkanes) is 1. The van der Waals surface area contributed by atoms with Gasteiger partial charge in [-0.3, -0.25) is 4.79 Å². The van der Waals surface area contributed by atoms with Crippen molar-refractivity contribution in [2.24, 2.45) is 0 Å². The molecule has 0 bridgehead atoms. The van der Waals surface area contributed by atoms with Gasteiger partial charge in [0.1, 0.15) is 0 Å². The Kier molecular flexibility index (Phi) is 6.26. The van der Waals surface area contributed by atoms with Crippen molar-refractivity contribution in [2.45, 2.75) is 19.3 Å². The van der Waals surface area contributed by atoms with E-state index in [0.29, 0.717) is 6.54 Å². The number of carbonyl (C=O) groups excluding carboxylic acids is 1. The smallest absolute Gasteiger partial charge is 0.319 e. The minimum Gasteiger partial charge on any atom is -0.468 e.